The van der Waals surface area contributed by atoms with Crippen molar-refractivity contribution in [3.8, 4) is 5.75 Å². The van der Waals surface area contributed by atoms with Gasteiger partial charge in [0, 0.05) is 35.0 Å². The first-order valence-corrected chi connectivity index (χ1v) is 7.42. The van der Waals surface area contributed by atoms with Crippen LogP contribution in [0.5, 0.6) is 5.75 Å². The Morgan fingerprint density at radius 1 is 1.40 bits per heavy atom. The lowest BCUT2D eigenvalue weighted by molar-refractivity contribution is 0.398. The van der Waals surface area contributed by atoms with E-state index in [1.165, 1.54) is 11.3 Å². The molecule has 108 valence electrons. The Bertz CT molecular complexity index is 568. The van der Waals surface area contributed by atoms with E-state index in [-0.39, 0.29) is 6.04 Å². The van der Waals surface area contributed by atoms with Crippen LogP contribution in [0.3, 0.4) is 0 Å². The van der Waals surface area contributed by atoms with Crippen LogP contribution in [0.15, 0.2) is 34.9 Å². The number of nitrogens with zero attached hydrogens (tertiary/aromatic N) is 2. The lowest BCUT2D eigenvalue weighted by atomic mass is 10.00. The van der Waals surface area contributed by atoms with E-state index in [0.29, 0.717) is 0 Å². The molecular formula is C15H20BrN3O. The largest absolute Gasteiger partial charge is 0.496 e. The molecule has 0 aliphatic carbocycles. The average Bonchev–Trinajstić information content (AvgIpc) is 2.86. The fraction of sp³-hybridized carbons (Fsp3) is 0.400. The molecule has 20 heavy (non-hydrogen) atoms. The highest BCUT2D eigenvalue weighted by molar-refractivity contribution is 9.10. The van der Waals surface area contributed by atoms with Gasteiger partial charge in [-0.15, -0.1) is 0 Å². The molecule has 0 amide bonds. The van der Waals surface area contributed by atoms with Crippen molar-refractivity contribution in [3.05, 3.63) is 46.2 Å². The Labute approximate surface area is 128 Å². The minimum atomic E-state index is 0.257. The van der Waals surface area contributed by atoms with Crippen LogP contribution in [0, 0.1) is 0 Å². The predicted molar refractivity (Wildman–Crippen MR) is 84.0 cm³/mol. The van der Waals surface area contributed by atoms with Gasteiger partial charge in [-0.3, -0.25) is 4.68 Å². The van der Waals surface area contributed by atoms with Crippen molar-refractivity contribution >= 4 is 15.9 Å². The molecule has 0 radical (unpaired) electrons. The molecule has 0 bridgehead atoms. The number of aryl methyl sites for hydroxylation is 2. The first-order valence-electron chi connectivity index (χ1n) is 6.63. The highest BCUT2D eigenvalue weighted by Crippen LogP contribution is 2.30. The predicted octanol–water partition coefficient (Wildman–Crippen LogP) is 3.08. The highest BCUT2D eigenvalue weighted by atomic mass is 79.9. The quantitative estimate of drug-likeness (QED) is 0.880. The first kappa shape index (κ1) is 15.1. The van der Waals surface area contributed by atoms with E-state index < -0.39 is 0 Å². The summed E-state index contributed by atoms with van der Waals surface area (Å²) in [5.74, 6) is 0.906. The summed E-state index contributed by atoms with van der Waals surface area (Å²) < 4.78 is 8.43. The summed E-state index contributed by atoms with van der Waals surface area (Å²) in [6, 6.07) is 8.47. The fourth-order valence-corrected chi connectivity index (χ4v) is 2.71. The summed E-state index contributed by atoms with van der Waals surface area (Å²) in [5, 5.41) is 7.57. The Morgan fingerprint density at radius 3 is 2.80 bits per heavy atom. The number of methoxy groups -OCH3 is 1. The molecular weight excluding hydrogens is 318 g/mol. The van der Waals surface area contributed by atoms with Crippen LogP contribution >= 0.6 is 15.9 Å². The van der Waals surface area contributed by atoms with Crippen molar-refractivity contribution in [2.45, 2.75) is 18.9 Å². The monoisotopic (exact) mass is 337 g/mol. The van der Waals surface area contributed by atoms with Crippen molar-refractivity contribution in [2.24, 2.45) is 7.05 Å². The summed E-state index contributed by atoms with van der Waals surface area (Å²) in [6.07, 6.45) is 3.80. The molecule has 0 aliphatic rings. The van der Waals surface area contributed by atoms with Gasteiger partial charge in [0.15, 0.2) is 0 Å². The number of rotatable bonds is 6. The van der Waals surface area contributed by atoms with Gasteiger partial charge in [-0.05, 0) is 38.1 Å². The number of hydrogen-bond donors (Lipinski definition) is 1. The maximum Gasteiger partial charge on any atom is 0.124 e. The van der Waals surface area contributed by atoms with Gasteiger partial charge < -0.3 is 10.1 Å². The molecule has 1 unspecified atom stereocenters. The zero-order valence-corrected chi connectivity index (χ0v) is 13.6. The number of halogens is 1. The summed E-state index contributed by atoms with van der Waals surface area (Å²) in [5.41, 5.74) is 2.42. The van der Waals surface area contributed by atoms with Gasteiger partial charge in [0.1, 0.15) is 5.75 Å². The Morgan fingerprint density at radius 2 is 2.20 bits per heavy atom. The molecule has 1 atom stereocenters. The van der Waals surface area contributed by atoms with Gasteiger partial charge in [0.2, 0.25) is 0 Å². The normalized spacial score (nSPS) is 12.4. The van der Waals surface area contributed by atoms with Crippen LogP contribution in [0.4, 0.5) is 0 Å². The van der Waals surface area contributed by atoms with Gasteiger partial charge in [0.05, 0.1) is 7.11 Å². The summed E-state index contributed by atoms with van der Waals surface area (Å²) in [7, 11) is 5.67. The van der Waals surface area contributed by atoms with Crippen LogP contribution in [0.1, 0.15) is 23.7 Å². The van der Waals surface area contributed by atoms with E-state index in [2.05, 4.69) is 38.5 Å². The average molecular weight is 338 g/mol. The van der Waals surface area contributed by atoms with Gasteiger partial charge in [0.25, 0.3) is 0 Å². The van der Waals surface area contributed by atoms with E-state index in [1.54, 1.807) is 7.11 Å². The number of ether oxygens (including phenoxy) is 1. The maximum atomic E-state index is 5.48. The van der Waals surface area contributed by atoms with Gasteiger partial charge in [-0.1, -0.05) is 22.0 Å². The minimum Gasteiger partial charge on any atom is -0.496 e. The molecule has 0 saturated heterocycles. The van der Waals surface area contributed by atoms with Crippen LogP contribution in [-0.2, 0) is 13.5 Å². The van der Waals surface area contributed by atoms with Crippen molar-refractivity contribution in [1.82, 2.24) is 15.1 Å². The zero-order chi connectivity index (χ0) is 14.5. The van der Waals surface area contributed by atoms with Gasteiger partial charge >= 0.3 is 0 Å². The lowest BCUT2D eigenvalue weighted by Gasteiger charge is -2.19. The summed E-state index contributed by atoms with van der Waals surface area (Å²) >= 11 is 3.48. The molecule has 1 aromatic carbocycles. The lowest BCUT2D eigenvalue weighted by Crippen LogP contribution is -2.18. The molecule has 1 aromatic heterocycles. The second-order valence-electron chi connectivity index (χ2n) is 4.71. The molecule has 2 aromatic rings. The van der Waals surface area contributed by atoms with Crippen LogP contribution < -0.4 is 10.1 Å². The molecule has 5 heteroatoms. The van der Waals surface area contributed by atoms with E-state index in [4.69, 9.17) is 4.74 Å². The Balaban J connectivity index is 2.14. The van der Waals surface area contributed by atoms with Crippen LogP contribution in [0.25, 0.3) is 0 Å². The van der Waals surface area contributed by atoms with Crippen molar-refractivity contribution in [2.75, 3.05) is 14.2 Å². The third-order valence-electron chi connectivity index (χ3n) is 3.53. The standard InChI is InChI=1S/C15H20BrN3O/c1-17-14(7-5-12-8-9-18-19(12)2)13-6-4-11(16)10-15(13)20-3/h4,6,8-10,14,17H,5,7H2,1-3H3. The molecule has 1 N–H and O–H groups in total. The van der Waals surface area contributed by atoms with E-state index in [9.17, 15) is 0 Å². The Hall–Kier alpha value is -1.33. The SMILES string of the molecule is CNC(CCc1ccnn1C)c1ccc(Br)cc1OC. The van der Waals surface area contributed by atoms with E-state index in [1.807, 2.05) is 37.1 Å². The second kappa shape index (κ2) is 6.90. The summed E-state index contributed by atoms with van der Waals surface area (Å²) in [6.45, 7) is 0. The molecule has 0 fully saturated rings. The van der Waals surface area contributed by atoms with Gasteiger partial charge in [-0.2, -0.15) is 5.10 Å². The van der Waals surface area contributed by atoms with Crippen molar-refractivity contribution in [3.63, 3.8) is 0 Å². The molecule has 0 spiro atoms. The molecule has 4 nitrogen and oxygen atoms in total. The molecule has 1 heterocycles. The molecule has 0 saturated carbocycles. The topological polar surface area (TPSA) is 39.1 Å². The van der Waals surface area contributed by atoms with Crippen LogP contribution in [0.2, 0.25) is 0 Å². The molecule has 2 rings (SSSR count). The third-order valence-corrected chi connectivity index (χ3v) is 4.02. The number of benzene rings is 1. The zero-order valence-electron chi connectivity index (χ0n) is 12.1. The maximum absolute atomic E-state index is 5.48. The highest BCUT2D eigenvalue weighted by Gasteiger charge is 2.15. The van der Waals surface area contributed by atoms with Gasteiger partial charge in [-0.25, -0.2) is 0 Å². The number of hydrogen-bond acceptors (Lipinski definition) is 3. The van der Waals surface area contributed by atoms with Crippen LogP contribution in [-0.4, -0.2) is 23.9 Å². The fourth-order valence-electron chi connectivity index (χ4n) is 2.37. The van der Waals surface area contributed by atoms with Crippen molar-refractivity contribution in [1.29, 1.82) is 0 Å². The van der Waals surface area contributed by atoms with Crippen molar-refractivity contribution < 1.29 is 4.74 Å². The first-order chi connectivity index (χ1) is 9.65. The number of nitrogens with one attached hydrogen (secondary N) is 1. The van der Waals surface area contributed by atoms with E-state index in [0.717, 1.165) is 23.1 Å². The summed E-state index contributed by atoms with van der Waals surface area (Å²) in [4.78, 5) is 0. The molecule has 0 aliphatic heterocycles. The minimum absolute atomic E-state index is 0.257. The van der Waals surface area contributed by atoms with E-state index >= 15 is 0 Å². The second-order valence-corrected chi connectivity index (χ2v) is 5.63. The third kappa shape index (κ3) is 3.41. The Kier molecular flexibility index (Phi) is 5.20. The number of aromatic nitrogens is 2. The smallest absolute Gasteiger partial charge is 0.124 e.